The molecule has 2 rings (SSSR count). The summed E-state index contributed by atoms with van der Waals surface area (Å²) in [6.07, 6.45) is 3.01. The Kier molecular flexibility index (Phi) is 7.82. The fourth-order valence-corrected chi connectivity index (χ4v) is 3.32. The van der Waals surface area contributed by atoms with E-state index in [1.54, 1.807) is 9.58 Å². The van der Waals surface area contributed by atoms with Gasteiger partial charge in [0.15, 0.2) is 0 Å². The topological polar surface area (TPSA) is 67.2 Å². The Morgan fingerprint density at radius 1 is 1.13 bits per heavy atom. The molecule has 0 bridgehead atoms. The highest BCUT2D eigenvalue weighted by Gasteiger charge is 2.23. The summed E-state index contributed by atoms with van der Waals surface area (Å²) in [5.74, 6) is 0.321. The zero-order chi connectivity index (χ0) is 22.5. The molecule has 0 aliphatic heterocycles. The van der Waals surface area contributed by atoms with Crippen LogP contribution in [0.2, 0.25) is 0 Å². The van der Waals surface area contributed by atoms with Crippen LogP contribution in [0.4, 0.5) is 5.82 Å². The zero-order valence-electron chi connectivity index (χ0n) is 19.5. The van der Waals surface area contributed by atoms with Crippen molar-refractivity contribution in [3.63, 3.8) is 0 Å². The number of amides is 2. The second-order valence-electron chi connectivity index (χ2n) is 9.06. The molecule has 0 saturated carbocycles. The van der Waals surface area contributed by atoms with Crippen molar-refractivity contribution in [3.05, 3.63) is 41.1 Å². The van der Waals surface area contributed by atoms with Gasteiger partial charge in [0.05, 0.1) is 17.9 Å². The summed E-state index contributed by atoms with van der Waals surface area (Å²) in [6.45, 7) is 14.6. The van der Waals surface area contributed by atoms with Crippen molar-refractivity contribution in [2.75, 3.05) is 18.4 Å². The lowest BCUT2D eigenvalue weighted by Crippen LogP contribution is -2.37. The molecule has 0 spiro atoms. The minimum absolute atomic E-state index is 0.0436. The highest BCUT2D eigenvalue weighted by molar-refractivity contribution is 5.94. The minimum Gasteiger partial charge on any atom is -0.334 e. The zero-order valence-corrected chi connectivity index (χ0v) is 19.5. The molecule has 0 fully saturated rings. The number of rotatable bonds is 8. The standard InChI is InChI=1S/C24H36N4O2/c1-8-9-10-13-27(19(4)29)16-23(30)25-22-15-21(24(5,6)7)26-28(22)20-12-11-17(2)14-18(20)3/h11-12,14-15H,8-10,13,16H2,1-7H3,(H,25,30). The van der Waals surface area contributed by atoms with E-state index in [1.165, 1.54) is 12.5 Å². The van der Waals surface area contributed by atoms with Crippen molar-refractivity contribution in [3.8, 4) is 5.69 Å². The maximum atomic E-state index is 12.8. The smallest absolute Gasteiger partial charge is 0.245 e. The highest BCUT2D eigenvalue weighted by atomic mass is 16.2. The molecule has 0 aliphatic carbocycles. The number of carbonyl (C=O) groups is 2. The molecule has 164 valence electrons. The van der Waals surface area contributed by atoms with Gasteiger partial charge in [-0.3, -0.25) is 9.59 Å². The van der Waals surface area contributed by atoms with Gasteiger partial charge in [0, 0.05) is 24.9 Å². The number of unbranched alkanes of at least 4 members (excludes halogenated alkanes) is 2. The highest BCUT2D eigenvalue weighted by Crippen LogP contribution is 2.27. The monoisotopic (exact) mass is 412 g/mol. The molecule has 0 atom stereocenters. The number of nitrogens with zero attached hydrogens (tertiary/aromatic N) is 3. The van der Waals surface area contributed by atoms with Gasteiger partial charge < -0.3 is 10.2 Å². The molecule has 1 N–H and O–H groups in total. The molecule has 2 aromatic rings. The molecule has 0 radical (unpaired) electrons. The van der Waals surface area contributed by atoms with Crippen LogP contribution < -0.4 is 5.32 Å². The van der Waals surface area contributed by atoms with Crippen molar-refractivity contribution in [1.29, 1.82) is 0 Å². The molecule has 0 unspecified atom stereocenters. The van der Waals surface area contributed by atoms with Crippen molar-refractivity contribution >= 4 is 17.6 Å². The maximum absolute atomic E-state index is 12.8. The van der Waals surface area contributed by atoms with E-state index in [1.807, 2.05) is 25.1 Å². The number of hydrogen-bond donors (Lipinski definition) is 1. The Bertz CT molecular complexity index is 893. The van der Waals surface area contributed by atoms with Gasteiger partial charge in [-0.25, -0.2) is 4.68 Å². The molecule has 1 aromatic heterocycles. The van der Waals surface area contributed by atoms with Crippen LogP contribution in [0, 0.1) is 13.8 Å². The van der Waals surface area contributed by atoms with Gasteiger partial charge in [-0.15, -0.1) is 0 Å². The normalized spacial score (nSPS) is 11.4. The SMILES string of the molecule is CCCCCN(CC(=O)Nc1cc(C(C)(C)C)nn1-c1ccc(C)cc1C)C(C)=O. The lowest BCUT2D eigenvalue weighted by molar-refractivity contribution is -0.132. The molecule has 0 saturated heterocycles. The summed E-state index contributed by atoms with van der Waals surface area (Å²) in [5, 5.41) is 7.78. The van der Waals surface area contributed by atoms with Crippen LogP contribution in [-0.4, -0.2) is 39.6 Å². The second kappa shape index (κ2) is 9.92. The first-order chi connectivity index (χ1) is 14.0. The number of aryl methyl sites for hydroxylation is 2. The first-order valence-corrected chi connectivity index (χ1v) is 10.8. The number of hydrogen-bond acceptors (Lipinski definition) is 3. The summed E-state index contributed by atoms with van der Waals surface area (Å²) < 4.78 is 1.79. The Balaban J connectivity index is 2.30. The Labute approximate surface area is 180 Å². The molecule has 30 heavy (non-hydrogen) atoms. The number of anilines is 1. The maximum Gasteiger partial charge on any atom is 0.245 e. The second-order valence-corrected chi connectivity index (χ2v) is 9.06. The van der Waals surface area contributed by atoms with Gasteiger partial charge >= 0.3 is 0 Å². The van der Waals surface area contributed by atoms with Crippen molar-refractivity contribution in [1.82, 2.24) is 14.7 Å². The van der Waals surface area contributed by atoms with Crippen molar-refractivity contribution in [2.24, 2.45) is 0 Å². The van der Waals surface area contributed by atoms with E-state index < -0.39 is 0 Å². The molecule has 1 aromatic carbocycles. The Hall–Kier alpha value is -2.63. The molecule has 6 heteroatoms. The van der Waals surface area contributed by atoms with Crippen molar-refractivity contribution in [2.45, 2.75) is 73.1 Å². The average molecular weight is 413 g/mol. The van der Waals surface area contributed by atoms with Gasteiger partial charge in [0.2, 0.25) is 11.8 Å². The number of carbonyl (C=O) groups excluding carboxylic acids is 2. The van der Waals surface area contributed by atoms with Crippen LogP contribution >= 0.6 is 0 Å². The van der Waals surface area contributed by atoms with Gasteiger partial charge in [-0.05, 0) is 31.9 Å². The van der Waals surface area contributed by atoms with E-state index in [-0.39, 0.29) is 23.8 Å². The molecule has 2 amide bonds. The van der Waals surface area contributed by atoms with E-state index in [2.05, 4.69) is 46.0 Å². The van der Waals surface area contributed by atoms with Crippen LogP contribution in [0.5, 0.6) is 0 Å². The van der Waals surface area contributed by atoms with E-state index >= 15 is 0 Å². The van der Waals surface area contributed by atoms with Crippen LogP contribution in [-0.2, 0) is 15.0 Å². The Morgan fingerprint density at radius 2 is 1.83 bits per heavy atom. The third-order valence-corrected chi connectivity index (χ3v) is 5.14. The van der Waals surface area contributed by atoms with Crippen LogP contribution in [0.15, 0.2) is 24.3 Å². The molecule has 6 nitrogen and oxygen atoms in total. The fraction of sp³-hybridized carbons (Fsp3) is 0.542. The first-order valence-electron chi connectivity index (χ1n) is 10.8. The molecular formula is C24H36N4O2. The van der Waals surface area contributed by atoms with Gasteiger partial charge in [-0.2, -0.15) is 5.10 Å². The van der Waals surface area contributed by atoms with Gasteiger partial charge in [-0.1, -0.05) is 58.2 Å². The summed E-state index contributed by atoms with van der Waals surface area (Å²) >= 11 is 0. The number of benzene rings is 1. The van der Waals surface area contributed by atoms with Gasteiger partial charge in [0.1, 0.15) is 5.82 Å². The molecule has 1 heterocycles. The van der Waals surface area contributed by atoms with E-state index in [4.69, 9.17) is 5.10 Å². The van der Waals surface area contributed by atoms with E-state index in [9.17, 15) is 9.59 Å². The Morgan fingerprint density at radius 3 is 2.40 bits per heavy atom. The van der Waals surface area contributed by atoms with E-state index in [0.29, 0.717) is 12.4 Å². The average Bonchev–Trinajstić information content (AvgIpc) is 3.04. The predicted octanol–water partition coefficient (Wildman–Crippen LogP) is 4.76. The van der Waals surface area contributed by atoms with Crippen LogP contribution in [0.3, 0.4) is 0 Å². The van der Waals surface area contributed by atoms with Crippen LogP contribution in [0.1, 0.15) is 70.7 Å². The largest absolute Gasteiger partial charge is 0.334 e. The third-order valence-electron chi connectivity index (χ3n) is 5.14. The molecule has 0 aliphatic rings. The predicted molar refractivity (Wildman–Crippen MR) is 122 cm³/mol. The third kappa shape index (κ3) is 6.18. The summed E-state index contributed by atoms with van der Waals surface area (Å²) in [6, 6.07) is 8.08. The fourth-order valence-electron chi connectivity index (χ4n) is 3.32. The number of nitrogens with one attached hydrogen (secondary N) is 1. The summed E-state index contributed by atoms with van der Waals surface area (Å²) in [7, 11) is 0. The van der Waals surface area contributed by atoms with E-state index in [0.717, 1.165) is 36.2 Å². The van der Waals surface area contributed by atoms with Crippen molar-refractivity contribution < 1.29 is 9.59 Å². The quantitative estimate of drug-likeness (QED) is 0.636. The van der Waals surface area contributed by atoms with Crippen LogP contribution in [0.25, 0.3) is 5.69 Å². The van der Waals surface area contributed by atoms with Gasteiger partial charge in [0.25, 0.3) is 0 Å². The first kappa shape index (κ1) is 23.6. The summed E-state index contributed by atoms with van der Waals surface area (Å²) in [5.41, 5.74) is 3.92. The number of aromatic nitrogens is 2. The summed E-state index contributed by atoms with van der Waals surface area (Å²) in [4.78, 5) is 26.4. The molecular weight excluding hydrogens is 376 g/mol. The lowest BCUT2D eigenvalue weighted by atomic mass is 9.92. The lowest BCUT2D eigenvalue weighted by Gasteiger charge is -2.20. The minimum atomic E-state index is -0.215.